The molecule has 1 atom stereocenters. The van der Waals surface area contributed by atoms with Gasteiger partial charge in [0, 0.05) is 12.6 Å². The lowest BCUT2D eigenvalue weighted by Gasteiger charge is -2.19. The third-order valence-electron chi connectivity index (χ3n) is 3.42. The number of halogens is 1. The summed E-state index contributed by atoms with van der Waals surface area (Å²) >= 11 is 0. The van der Waals surface area contributed by atoms with Crippen LogP contribution >= 0.6 is 12.4 Å². The van der Waals surface area contributed by atoms with E-state index in [0.717, 1.165) is 26.4 Å². The molecule has 0 aliphatic rings. The summed E-state index contributed by atoms with van der Waals surface area (Å²) in [6, 6.07) is 3.03. The first kappa shape index (κ1) is 24.3. The minimum Gasteiger partial charge on any atom is -0.465 e. The zero-order chi connectivity index (χ0) is 19.2. The Morgan fingerprint density at radius 3 is 1.88 bits per heavy atom. The maximum absolute atomic E-state index is 12.6. The van der Waals surface area contributed by atoms with Crippen molar-refractivity contribution in [3.05, 3.63) is 29.3 Å². The van der Waals surface area contributed by atoms with Gasteiger partial charge < -0.3 is 15.2 Å². The molecule has 148 valence electrons. The lowest BCUT2D eigenvalue weighted by atomic mass is 10.1. The molecule has 1 aromatic carbocycles. The van der Waals surface area contributed by atoms with Gasteiger partial charge in [0.25, 0.3) is 0 Å². The molecular weight excluding hydrogens is 384 g/mol. The van der Waals surface area contributed by atoms with Gasteiger partial charge in [0.05, 0.1) is 30.2 Å². The highest BCUT2D eigenvalue weighted by Gasteiger charge is 2.24. The summed E-state index contributed by atoms with van der Waals surface area (Å²) in [6.45, 7) is 4.02. The van der Waals surface area contributed by atoms with Gasteiger partial charge in [0.15, 0.2) is 0 Å². The summed E-state index contributed by atoms with van der Waals surface area (Å²) < 4.78 is 37.0. The fourth-order valence-corrected chi connectivity index (χ4v) is 3.61. The Bertz CT molecular complexity index is 702. The van der Waals surface area contributed by atoms with E-state index in [1.54, 1.807) is 0 Å². The molecule has 0 aliphatic heterocycles. The molecule has 0 spiro atoms. The first-order valence-corrected chi connectivity index (χ1v) is 9.17. The second-order valence-electron chi connectivity index (χ2n) is 5.91. The van der Waals surface area contributed by atoms with Crippen LogP contribution in [0.5, 0.6) is 0 Å². The predicted molar refractivity (Wildman–Crippen MR) is 99.0 cm³/mol. The maximum Gasteiger partial charge on any atom is 0.337 e. The zero-order valence-electron chi connectivity index (χ0n) is 15.1. The highest BCUT2D eigenvalue weighted by molar-refractivity contribution is 7.89. The number of hydrogen-bond donors (Lipinski definition) is 2. The molecule has 0 aromatic heterocycles. The van der Waals surface area contributed by atoms with Crippen LogP contribution in [0.4, 0.5) is 0 Å². The lowest BCUT2D eigenvalue weighted by molar-refractivity contribution is 0.0598. The fourth-order valence-electron chi connectivity index (χ4n) is 2.27. The topological polar surface area (TPSA) is 125 Å². The van der Waals surface area contributed by atoms with Gasteiger partial charge in [0.1, 0.15) is 0 Å². The van der Waals surface area contributed by atoms with Crippen LogP contribution < -0.4 is 10.5 Å². The van der Waals surface area contributed by atoms with Crippen molar-refractivity contribution in [2.45, 2.75) is 31.2 Å². The number of sulfonamides is 1. The van der Waals surface area contributed by atoms with Crippen LogP contribution in [-0.4, -0.2) is 47.2 Å². The Morgan fingerprint density at radius 1 is 1.08 bits per heavy atom. The van der Waals surface area contributed by atoms with Crippen molar-refractivity contribution in [3.8, 4) is 0 Å². The van der Waals surface area contributed by atoms with Crippen LogP contribution in [0, 0.1) is 5.92 Å². The van der Waals surface area contributed by atoms with Gasteiger partial charge in [-0.25, -0.2) is 22.7 Å². The number of hydrogen-bond acceptors (Lipinski definition) is 7. The van der Waals surface area contributed by atoms with Crippen LogP contribution in [0.25, 0.3) is 0 Å². The monoisotopic (exact) mass is 408 g/mol. The molecule has 1 unspecified atom stereocenters. The SMILES string of the molecule is COC(=O)c1cc(C(=O)OC)cc(S(=O)(=O)NC(CN)CC(C)C)c1.Cl. The summed E-state index contributed by atoms with van der Waals surface area (Å²) in [5.74, 6) is -1.29. The van der Waals surface area contributed by atoms with E-state index in [9.17, 15) is 18.0 Å². The second kappa shape index (κ2) is 10.5. The molecule has 8 nitrogen and oxygen atoms in total. The van der Waals surface area contributed by atoms with Gasteiger partial charge in [-0.3, -0.25) is 0 Å². The molecule has 0 bridgehead atoms. The Hall–Kier alpha value is -1.68. The molecule has 26 heavy (non-hydrogen) atoms. The Morgan fingerprint density at radius 2 is 1.54 bits per heavy atom. The molecule has 0 fully saturated rings. The van der Waals surface area contributed by atoms with Crippen molar-refractivity contribution in [2.24, 2.45) is 11.7 Å². The molecule has 0 amide bonds. The van der Waals surface area contributed by atoms with E-state index in [0.29, 0.717) is 6.42 Å². The Balaban J connectivity index is 0.00000625. The normalized spacial score (nSPS) is 12.2. The molecule has 0 radical (unpaired) electrons. The number of nitrogens with two attached hydrogens (primary N) is 1. The number of methoxy groups -OCH3 is 2. The molecule has 0 aliphatic carbocycles. The standard InChI is InChI=1S/C16H24N2O6S.ClH/c1-10(2)5-13(9-17)18-25(21,22)14-7-11(15(19)23-3)6-12(8-14)16(20)24-4;/h6-8,10,13,18H,5,9,17H2,1-4H3;1H. The largest absolute Gasteiger partial charge is 0.465 e. The molecular formula is C16H25ClN2O6S. The van der Waals surface area contributed by atoms with Gasteiger partial charge in [-0.1, -0.05) is 13.8 Å². The molecule has 0 saturated carbocycles. The number of rotatable bonds is 8. The van der Waals surface area contributed by atoms with Gasteiger partial charge in [0.2, 0.25) is 10.0 Å². The van der Waals surface area contributed by atoms with Gasteiger partial charge in [-0.15, -0.1) is 12.4 Å². The van der Waals surface area contributed by atoms with Crippen LogP contribution in [-0.2, 0) is 19.5 Å². The average Bonchev–Trinajstić information content (AvgIpc) is 2.58. The van der Waals surface area contributed by atoms with E-state index in [1.807, 2.05) is 13.8 Å². The summed E-state index contributed by atoms with van der Waals surface area (Å²) in [5, 5.41) is 0. The summed E-state index contributed by atoms with van der Waals surface area (Å²) in [4.78, 5) is 23.3. The first-order valence-electron chi connectivity index (χ1n) is 7.68. The van der Waals surface area contributed by atoms with Crippen LogP contribution in [0.2, 0.25) is 0 Å². The van der Waals surface area contributed by atoms with E-state index in [1.165, 1.54) is 6.07 Å². The van der Waals surface area contributed by atoms with E-state index < -0.39 is 28.0 Å². The highest BCUT2D eigenvalue weighted by Crippen LogP contribution is 2.18. The number of nitrogens with one attached hydrogen (secondary N) is 1. The van der Waals surface area contributed by atoms with Crippen LogP contribution in [0.15, 0.2) is 23.1 Å². The number of carbonyl (C=O) groups is 2. The Labute approximate surface area is 159 Å². The van der Waals surface area contributed by atoms with Crippen molar-refractivity contribution >= 4 is 34.4 Å². The average molecular weight is 409 g/mol. The van der Waals surface area contributed by atoms with E-state index in [-0.39, 0.29) is 40.9 Å². The molecule has 1 rings (SSSR count). The van der Waals surface area contributed by atoms with Gasteiger partial charge >= 0.3 is 11.9 Å². The lowest BCUT2D eigenvalue weighted by Crippen LogP contribution is -2.41. The molecule has 10 heteroatoms. The highest BCUT2D eigenvalue weighted by atomic mass is 35.5. The second-order valence-corrected chi connectivity index (χ2v) is 7.63. The number of carbonyl (C=O) groups excluding carboxylic acids is 2. The van der Waals surface area contributed by atoms with E-state index in [2.05, 4.69) is 14.2 Å². The molecule has 3 N–H and O–H groups in total. The van der Waals surface area contributed by atoms with Crippen molar-refractivity contribution < 1.29 is 27.5 Å². The summed E-state index contributed by atoms with van der Waals surface area (Å²) in [5.41, 5.74) is 5.49. The molecule has 0 saturated heterocycles. The third-order valence-corrected chi connectivity index (χ3v) is 4.92. The van der Waals surface area contributed by atoms with Crippen molar-refractivity contribution in [2.75, 3.05) is 20.8 Å². The van der Waals surface area contributed by atoms with Crippen LogP contribution in [0.1, 0.15) is 41.0 Å². The smallest absolute Gasteiger partial charge is 0.337 e. The van der Waals surface area contributed by atoms with Crippen molar-refractivity contribution in [1.82, 2.24) is 4.72 Å². The predicted octanol–water partition coefficient (Wildman–Crippen LogP) is 1.33. The minimum atomic E-state index is -3.99. The van der Waals surface area contributed by atoms with E-state index >= 15 is 0 Å². The summed E-state index contributed by atoms with van der Waals surface area (Å²) in [6.07, 6.45) is 0.552. The molecule has 1 aromatic rings. The fraction of sp³-hybridized carbons (Fsp3) is 0.500. The molecule has 0 heterocycles. The van der Waals surface area contributed by atoms with E-state index in [4.69, 9.17) is 5.73 Å². The number of esters is 2. The number of benzene rings is 1. The maximum atomic E-state index is 12.6. The van der Waals surface area contributed by atoms with Crippen molar-refractivity contribution in [1.29, 1.82) is 0 Å². The van der Waals surface area contributed by atoms with Crippen molar-refractivity contribution in [3.63, 3.8) is 0 Å². The summed E-state index contributed by atoms with van der Waals surface area (Å²) in [7, 11) is -1.67. The van der Waals surface area contributed by atoms with Crippen LogP contribution in [0.3, 0.4) is 0 Å². The minimum absolute atomic E-state index is 0. The van der Waals surface area contributed by atoms with Gasteiger partial charge in [-0.05, 0) is 30.5 Å². The quantitative estimate of drug-likeness (QED) is 0.621. The first-order chi connectivity index (χ1) is 11.6. The van der Waals surface area contributed by atoms with Gasteiger partial charge in [-0.2, -0.15) is 0 Å². The zero-order valence-corrected chi connectivity index (χ0v) is 16.8. The third kappa shape index (κ3) is 6.56. The Kier molecular flexibility index (Phi) is 9.79. The number of ether oxygens (including phenoxy) is 2.